The number of aliphatic hydroxyl groups excluding tert-OH is 2. The van der Waals surface area contributed by atoms with E-state index in [1.807, 2.05) is 0 Å². The summed E-state index contributed by atoms with van der Waals surface area (Å²) in [6.07, 6.45) is 5.97. The van der Waals surface area contributed by atoms with Crippen LogP contribution < -0.4 is 0 Å². The van der Waals surface area contributed by atoms with Crippen LogP contribution in [0, 0.1) is 5.92 Å². The van der Waals surface area contributed by atoms with Crippen LogP contribution in [0.15, 0.2) is 0 Å². The lowest BCUT2D eigenvalue weighted by atomic mass is 9.92. The Morgan fingerprint density at radius 2 is 1.92 bits per heavy atom. The molecule has 0 heterocycles. The van der Waals surface area contributed by atoms with Gasteiger partial charge in [-0.1, -0.05) is 19.3 Å². The second-order valence-electron chi connectivity index (χ2n) is 4.05. The average molecular weight is 172 g/mol. The average Bonchev–Trinajstić information content (AvgIpc) is 2.16. The van der Waals surface area contributed by atoms with Crippen molar-refractivity contribution in [1.29, 1.82) is 0 Å². The lowest BCUT2D eigenvalue weighted by Crippen LogP contribution is -2.22. The van der Waals surface area contributed by atoms with Crippen molar-refractivity contribution in [3.05, 3.63) is 0 Å². The molecule has 1 saturated carbocycles. The quantitative estimate of drug-likeness (QED) is 0.622. The molecule has 0 spiro atoms. The molecule has 0 aromatic heterocycles. The molecule has 12 heavy (non-hydrogen) atoms. The van der Waals surface area contributed by atoms with Gasteiger partial charge >= 0.3 is 0 Å². The molecule has 0 radical (unpaired) electrons. The van der Waals surface area contributed by atoms with Gasteiger partial charge in [0.05, 0.1) is 12.2 Å². The first-order valence-electron chi connectivity index (χ1n) is 5.06. The van der Waals surface area contributed by atoms with Crippen molar-refractivity contribution in [3.8, 4) is 0 Å². The van der Waals surface area contributed by atoms with Crippen molar-refractivity contribution in [3.63, 3.8) is 0 Å². The monoisotopic (exact) mass is 172 g/mol. The second kappa shape index (κ2) is 4.83. The van der Waals surface area contributed by atoms with Gasteiger partial charge in [0.1, 0.15) is 0 Å². The minimum atomic E-state index is -0.261. The van der Waals surface area contributed by atoms with E-state index in [1.54, 1.807) is 6.92 Å². The molecule has 0 aromatic rings. The second-order valence-corrected chi connectivity index (χ2v) is 4.05. The molecule has 1 fully saturated rings. The van der Waals surface area contributed by atoms with Gasteiger partial charge in [-0.15, -0.1) is 0 Å². The predicted molar refractivity (Wildman–Crippen MR) is 48.9 cm³/mol. The summed E-state index contributed by atoms with van der Waals surface area (Å²) >= 11 is 0. The smallest absolute Gasteiger partial charge is 0.0569 e. The topological polar surface area (TPSA) is 40.5 Å². The van der Waals surface area contributed by atoms with Gasteiger partial charge in [0, 0.05) is 0 Å². The minimum Gasteiger partial charge on any atom is -0.393 e. The van der Waals surface area contributed by atoms with Gasteiger partial charge in [-0.05, 0) is 32.1 Å². The van der Waals surface area contributed by atoms with Gasteiger partial charge in [0.25, 0.3) is 0 Å². The fraction of sp³-hybridized carbons (Fsp3) is 1.00. The van der Waals surface area contributed by atoms with Crippen LogP contribution in [-0.2, 0) is 0 Å². The SMILES string of the molecule is CC(O)CC1CCCCCC1O. The van der Waals surface area contributed by atoms with Crippen molar-refractivity contribution in [2.24, 2.45) is 5.92 Å². The molecule has 0 saturated heterocycles. The summed E-state index contributed by atoms with van der Waals surface area (Å²) in [5, 5.41) is 18.9. The highest BCUT2D eigenvalue weighted by atomic mass is 16.3. The molecule has 2 N–H and O–H groups in total. The Labute approximate surface area is 74.6 Å². The van der Waals surface area contributed by atoms with Crippen LogP contribution in [0.4, 0.5) is 0 Å². The van der Waals surface area contributed by atoms with Crippen molar-refractivity contribution in [2.45, 2.75) is 57.7 Å². The van der Waals surface area contributed by atoms with E-state index in [2.05, 4.69) is 0 Å². The highest BCUT2D eigenvalue weighted by Crippen LogP contribution is 2.26. The molecule has 72 valence electrons. The first-order valence-corrected chi connectivity index (χ1v) is 5.06. The summed E-state index contributed by atoms with van der Waals surface area (Å²) in [7, 11) is 0. The molecule has 0 aliphatic heterocycles. The zero-order valence-corrected chi connectivity index (χ0v) is 7.87. The van der Waals surface area contributed by atoms with E-state index in [-0.39, 0.29) is 12.2 Å². The maximum Gasteiger partial charge on any atom is 0.0569 e. The third kappa shape index (κ3) is 3.11. The molecule has 2 heteroatoms. The molecule has 3 unspecified atom stereocenters. The lowest BCUT2D eigenvalue weighted by molar-refractivity contribution is 0.0625. The first kappa shape index (κ1) is 10.0. The Kier molecular flexibility index (Phi) is 4.02. The molecule has 2 nitrogen and oxygen atoms in total. The van der Waals surface area contributed by atoms with Crippen LogP contribution in [0.2, 0.25) is 0 Å². The minimum absolute atomic E-state index is 0.165. The van der Waals surface area contributed by atoms with E-state index in [0.29, 0.717) is 5.92 Å². The number of hydrogen-bond acceptors (Lipinski definition) is 2. The van der Waals surface area contributed by atoms with Crippen LogP contribution in [0.5, 0.6) is 0 Å². The summed E-state index contributed by atoms with van der Waals surface area (Å²) in [4.78, 5) is 0. The van der Waals surface area contributed by atoms with Gasteiger partial charge in [-0.25, -0.2) is 0 Å². The maximum absolute atomic E-state index is 9.69. The summed E-state index contributed by atoms with van der Waals surface area (Å²) in [5.41, 5.74) is 0. The van der Waals surface area contributed by atoms with Crippen molar-refractivity contribution < 1.29 is 10.2 Å². The van der Waals surface area contributed by atoms with Gasteiger partial charge < -0.3 is 10.2 Å². The fourth-order valence-corrected chi connectivity index (χ4v) is 2.08. The molecule has 3 atom stereocenters. The number of aliphatic hydroxyl groups is 2. The maximum atomic E-state index is 9.69. The van der Waals surface area contributed by atoms with Gasteiger partial charge in [-0.2, -0.15) is 0 Å². The Morgan fingerprint density at radius 1 is 1.25 bits per heavy atom. The highest BCUT2D eigenvalue weighted by molar-refractivity contribution is 4.74. The van der Waals surface area contributed by atoms with Crippen LogP contribution >= 0.6 is 0 Å². The Morgan fingerprint density at radius 3 is 2.58 bits per heavy atom. The van der Waals surface area contributed by atoms with E-state index >= 15 is 0 Å². The van der Waals surface area contributed by atoms with Crippen molar-refractivity contribution in [2.75, 3.05) is 0 Å². The predicted octanol–water partition coefficient (Wildman–Crippen LogP) is 1.70. The Hall–Kier alpha value is -0.0800. The highest BCUT2D eigenvalue weighted by Gasteiger charge is 2.22. The first-order chi connectivity index (χ1) is 5.70. The van der Waals surface area contributed by atoms with Crippen LogP contribution in [0.25, 0.3) is 0 Å². The third-order valence-corrected chi connectivity index (χ3v) is 2.76. The molecule has 1 rings (SSSR count). The van der Waals surface area contributed by atoms with Crippen molar-refractivity contribution >= 4 is 0 Å². The molecular weight excluding hydrogens is 152 g/mol. The normalized spacial score (nSPS) is 34.2. The van der Waals surface area contributed by atoms with Crippen LogP contribution in [0.3, 0.4) is 0 Å². The lowest BCUT2D eigenvalue weighted by Gasteiger charge is -2.21. The zero-order chi connectivity index (χ0) is 8.97. The molecule has 0 aromatic carbocycles. The third-order valence-electron chi connectivity index (χ3n) is 2.76. The molecule has 1 aliphatic carbocycles. The standard InChI is InChI=1S/C10H20O2/c1-8(11)7-9-5-3-2-4-6-10(9)12/h8-12H,2-7H2,1H3. The fourth-order valence-electron chi connectivity index (χ4n) is 2.08. The Bertz CT molecular complexity index is 123. The molecule has 0 amide bonds. The Balaban J connectivity index is 2.36. The van der Waals surface area contributed by atoms with Crippen LogP contribution in [-0.4, -0.2) is 22.4 Å². The largest absolute Gasteiger partial charge is 0.393 e. The van der Waals surface area contributed by atoms with Gasteiger partial charge in [0.2, 0.25) is 0 Å². The van der Waals surface area contributed by atoms with E-state index in [0.717, 1.165) is 25.7 Å². The number of rotatable bonds is 2. The molecular formula is C10H20O2. The summed E-state index contributed by atoms with van der Waals surface area (Å²) in [6, 6.07) is 0. The summed E-state index contributed by atoms with van der Waals surface area (Å²) < 4.78 is 0. The van der Waals surface area contributed by atoms with E-state index in [9.17, 15) is 10.2 Å². The van der Waals surface area contributed by atoms with E-state index in [4.69, 9.17) is 0 Å². The summed E-state index contributed by atoms with van der Waals surface area (Å²) in [6.45, 7) is 1.80. The van der Waals surface area contributed by atoms with E-state index < -0.39 is 0 Å². The van der Waals surface area contributed by atoms with Crippen molar-refractivity contribution in [1.82, 2.24) is 0 Å². The number of hydrogen-bond donors (Lipinski definition) is 2. The van der Waals surface area contributed by atoms with E-state index in [1.165, 1.54) is 12.8 Å². The molecule has 0 bridgehead atoms. The molecule has 1 aliphatic rings. The summed E-state index contributed by atoms with van der Waals surface area (Å²) in [5.74, 6) is 0.340. The van der Waals surface area contributed by atoms with Gasteiger partial charge in [-0.3, -0.25) is 0 Å². The van der Waals surface area contributed by atoms with Crippen LogP contribution in [0.1, 0.15) is 45.4 Å². The van der Waals surface area contributed by atoms with Gasteiger partial charge in [0.15, 0.2) is 0 Å². The zero-order valence-electron chi connectivity index (χ0n) is 7.87.